The van der Waals surface area contributed by atoms with Crippen LogP contribution >= 0.6 is 0 Å². The molecule has 0 bridgehead atoms. The predicted molar refractivity (Wildman–Crippen MR) is 135 cm³/mol. The van der Waals surface area contributed by atoms with Crippen LogP contribution in [-0.4, -0.2) is 21.6 Å². The number of rotatable bonds is 4. The molecule has 1 N–H and O–H groups in total. The van der Waals surface area contributed by atoms with E-state index < -0.39 is 5.97 Å². The molecule has 0 fully saturated rings. The lowest BCUT2D eigenvalue weighted by molar-refractivity contribution is -0.137. The molecule has 1 amide bonds. The molecule has 172 valence electrons. The van der Waals surface area contributed by atoms with Crippen molar-refractivity contribution in [2.75, 3.05) is 4.90 Å². The van der Waals surface area contributed by atoms with Crippen molar-refractivity contribution in [2.24, 2.45) is 0 Å². The third-order valence-corrected chi connectivity index (χ3v) is 6.41. The van der Waals surface area contributed by atoms with Crippen LogP contribution in [0.4, 0.5) is 5.69 Å². The molecule has 1 aliphatic rings. The Balaban J connectivity index is 1.59. The molecule has 0 atom stereocenters. The topological polar surface area (TPSA) is 86.3 Å². The van der Waals surface area contributed by atoms with E-state index in [1.165, 1.54) is 5.56 Å². The Labute approximate surface area is 203 Å². The molecule has 0 saturated carbocycles. The molecule has 5 rings (SSSR count). The lowest BCUT2D eigenvalue weighted by atomic mass is 9.95. The fourth-order valence-corrected chi connectivity index (χ4v) is 4.76. The number of aryl methyl sites for hydroxylation is 2. The van der Waals surface area contributed by atoms with Crippen molar-refractivity contribution in [3.8, 4) is 6.07 Å². The Kier molecular flexibility index (Phi) is 5.90. The van der Waals surface area contributed by atoms with Gasteiger partial charge in [-0.1, -0.05) is 60.7 Å². The van der Waals surface area contributed by atoms with E-state index in [2.05, 4.69) is 12.1 Å². The summed E-state index contributed by atoms with van der Waals surface area (Å²) < 4.78 is 1.62. The van der Waals surface area contributed by atoms with Gasteiger partial charge in [0.1, 0.15) is 18.2 Å². The summed E-state index contributed by atoms with van der Waals surface area (Å²) in [6.45, 7) is 0.159. The summed E-state index contributed by atoms with van der Waals surface area (Å²) in [5.41, 5.74) is 5.48. The summed E-state index contributed by atoms with van der Waals surface area (Å²) in [7, 11) is 0. The second-order valence-corrected chi connectivity index (χ2v) is 8.58. The number of carbonyl (C=O) groups is 2. The van der Waals surface area contributed by atoms with Crippen molar-refractivity contribution < 1.29 is 14.7 Å². The monoisotopic (exact) mass is 461 g/mol. The number of aromatic nitrogens is 1. The zero-order valence-corrected chi connectivity index (χ0v) is 19.0. The summed E-state index contributed by atoms with van der Waals surface area (Å²) in [4.78, 5) is 26.8. The number of amides is 1. The highest BCUT2D eigenvalue weighted by Crippen LogP contribution is 2.30. The Morgan fingerprint density at radius 1 is 0.914 bits per heavy atom. The average Bonchev–Trinajstić information content (AvgIpc) is 3.20. The summed E-state index contributed by atoms with van der Waals surface area (Å²) in [5.74, 6) is -1.35. The highest BCUT2D eigenvalue weighted by molar-refractivity contribution is 6.12. The van der Waals surface area contributed by atoms with Crippen molar-refractivity contribution in [3.05, 3.63) is 107 Å². The molecule has 4 aromatic rings. The fourth-order valence-electron chi connectivity index (χ4n) is 4.76. The van der Waals surface area contributed by atoms with Gasteiger partial charge in [-0.2, -0.15) is 5.26 Å². The van der Waals surface area contributed by atoms with Gasteiger partial charge in [-0.15, -0.1) is 0 Å². The SMILES string of the molecule is N#CC(=Cc1cn(CC(=O)O)c2ccccc12)C(=O)N1Cc2ccccc2CCc2ccccc21. The first-order valence-corrected chi connectivity index (χ1v) is 11.4. The van der Waals surface area contributed by atoms with Gasteiger partial charge in [0.05, 0.1) is 6.54 Å². The molecule has 0 saturated heterocycles. The Bertz CT molecular complexity index is 1520. The van der Waals surface area contributed by atoms with Crippen LogP contribution in [0.3, 0.4) is 0 Å². The van der Waals surface area contributed by atoms with Crippen LogP contribution in [-0.2, 0) is 35.5 Å². The van der Waals surface area contributed by atoms with E-state index in [9.17, 15) is 20.0 Å². The van der Waals surface area contributed by atoms with Gasteiger partial charge in [0.2, 0.25) is 0 Å². The van der Waals surface area contributed by atoms with Gasteiger partial charge in [0.15, 0.2) is 0 Å². The van der Waals surface area contributed by atoms with E-state index >= 15 is 0 Å². The minimum Gasteiger partial charge on any atom is -0.480 e. The molecule has 1 aliphatic heterocycles. The summed E-state index contributed by atoms with van der Waals surface area (Å²) in [5, 5.41) is 20.1. The van der Waals surface area contributed by atoms with Gasteiger partial charge >= 0.3 is 5.97 Å². The first-order chi connectivity index (χ1) is 17.0. The standard InChI is InChI=1S/C29H23N3O3/c30-16-23(15-24-17-31(19-28(33)34)27-12-6-4-10-25(24)27)29(35)32-18-22-9-2-1-7-20(22)13-14-21-8-3-5-11-26(21)32/h1-12,15,17H,13-14,18-19H2,(H,33,34). The molecule has 3 aromatic carbocycles. The molecule has 0 radical (unpaired) electrons. The predicted octanol–water partition coefficient (Wildman–Crippen LogP) is 4.96. The quantitative estimate of drug-likeness (QED) is 0.344. The number of anilines is 1. The minimum atomic E-state index is -0.964. The average molecular weight is 462 g/mol. The van der Waals surface area contributed by atoms with Gasteiger partial charge in [0, 0.05) is 28.4 Å². The van der Waals surface area contributed by atoms with Gasteiger partial charge in [-0.05, 0) is 47.7 Å². The molecule has 0 spiro atoms. The largest absolute Gasteiger partial charge is 0.480 e. The van der Waals surface area contributed by atoms with Crippen LogP contribution in [0.1, 0.15) is 22.3 Å². The lowest BCUT2D eigenvalue weighted by Crippen LogP contribution is -2.33. The number of fused-ring (bicyclic) bond motifs is 3. The van der Waals surface area contributed by atoms with Crippen molar-refractivity contribution >= 4 is 34.5 Å². The fraction of sp³-hybridized carbons (Fsp3) is 0.138. The number of carbonyl (C=O) groups excluding carboxylic acids is 1. The Morgan fingerprint density at radius 2 is 1.57 bits per heavy atom. The van der Waals surface area contributed by atoms with Crippen LogP contribution in [0.5, 0.6) is 0 Å². The molecule has 2 heterocycles. The normalized spacial score (nSPS) is 13.3. The van der Waals surface area contributed by atoms with Crippen molar-refractivity contribution in [1.82, 2.24) is 4.57 Å². The highest BCUT2D eigenvalue weighted by atomic mass is 16.4. The number of para-hydroxylation sites is 2. The molecule has 0 aliphatic carbocycles. The zero-order valence-electron chi connectivity index (χ0n) is 19.0. The molecular formula is C29H23N3O3. The summed E-state index contributed by atoms with van der Waals surface area (Å²) in [6.07, 6.45) is 4.93. The first-order valence-electron chi connectivity index (χ1n) is 11.4. The van der Waals surface area contributed by atoms with Crippen LogP contribution in [0.2, 0.25) is 0 Å². The van der Waals surface area contributed by atoms with Gasteiger partial charge in [0.25, 0.3) is 5.91 Å². The number of nitriles is 1. The summed E-state index contributed by atoms with van der Waals surface area (Å²) >= 11 is 0. The Hall–Kier alpha value is -4.63. The lowest BCUT2D eigenvalue weighted by Gasteiger charge is -2.28. The maximum Gasteiger partial charge on any atom is 0.323 e. The molecule has 35 heavy (non-hydrogen) atoms. The van der Waals surface area contributed by atoms with Crippen LogP contribution in [0.25, 0.3) is 17.0 Å². The van der Waals surface area contributed by atoms with Gasteiger partial charge in [-0.3, -0.25) is 9.59 Å². The van der Waals surface area contributed by atoms with Crippen molar-refractivity contribution in [1.29, 1.82) is 5.26 Å². The number of hydrogen-bond acceptors (Lipinski definition) is 3. The Morgan fingerprint density at radius 3 is 2.34 bits per heavy atom. The van der Waals surface area contributed by atoms with Crippen molar-refractivity contribution in [2.45, 2.75) is 25.9 Å². The highest BCUT2D eigenvalue weighted by Gasteiger charge is 2.25. The van der Waals surface area contributed by atoms with E-state index in [1.54, 1.807) is 21.7 Å². The summed E-state index contributed by atoms with van der Waals surface area (Å²) in [6, 6.07) is 25.4. The smallest absolute Gasteiger partial charge is 0.323 e. The number of carboxylic acids is 1. The second kappa shape index (κ2) is 9.32. The molecule has 0 unspecified atom stereocenters. The molecular weight excluding hydrogens is 438 g/mol. The molecule has 6 nitrogen and oxygen atoms in total. The van der Waals surface area contributed by atoms with Crippen LogP contribution in [0, 0.1) is 11.3 Å². The maximum atomic E-state index is 13.8. The number of hydrogen-bond donors (Lipinski definition) is 1. The van der Waals surface area contributed by atoms with E-state index in [0.717, 1.165) is 40.6 Å². The van der Waals surface area contributed by atoms with Crippen molar-refractivity contribution in [3.63, 3.8) is 0 Å². The van der Waals surface area contributed by atoms with E-state index in [1.807, 2.05) is 66.7 Å². The zero-order chi connectivity index (χ0) is 24.4. The van der Waals surface area contributed by atoms with Crippen LogP contribution in [0.15, 0.2) is 84.6 Å². The minimum absolute atomic E-state index is 0.00362. The number of benzene rings is 3. The van der Waals surface area contributed by atoms with Gasteiger partial charge in [-0.25, -0.2) is 0 Å². The first kappa shape index (κ1) is 22.2. The van der Waals surface area contributed by atoms with E-state index in [4.69, 9.17) is 0 Å². The number of carboxylic acid groups (broad SMARTS) is 1. The van der Waals surface area contributed by atoms with E-state index in [-0.39, 0.29) is 18.0 Å². The third kappa shape index (κ3) is 4.32. The van der Waals surface area contributed by atoms with Crippen LogP contribution < -0.4 is 4.90 Å². The molecule has 6 heteroatoms. The third-order valence-electron chi connectivity index (χ3n) is 6.41. The molecule has 1 aromatic heterocycles. The maximum absolute atomic E-state index is 13.8. The van der Waals surface area contributed by atoms with Gasteiger partial charge < -0.3 is 14.6 Å². The second-order valence-electron chi connectivity index (χ2n) is 8.58. The number of aliphatic carboxylic acids is 1. The van der Waals surface area contributed by atoms with E-state index in [0.29, 0.717) is 12.1 Å². The number of nitrogens with zero attached hydrogens (tertiary/aromatic N) is 3.